The highest BCUT2D eigenvalue weighted by molar-refractivity contribution is 5.92. The van der Waals surface area contributed by atoms with Gasteiger partial charge in [0, 0.05) is 17.3 Å². The van der Waals surface area contributed by atoms with Crippen LogP contribution in [0.4, 0.5) is 5.69 Å². The molecule has 0 amide bonds. The van der Waals surface area contributed by atoms with Gasteiger partial charge >= 0.3 is 0 Å². The molecular weight excluding hydrogens is 280 g/mol. The van der Waals surface area contributed by atoms with E-state index >= 15 is 0 Å². The summed E-state index contributed by atoms with van der Waals surface area (Å²) in [5.74, 6) is 0. The fraction of sp³-hybridized carbons (Fsp3) is 0.143. The Bertz CT molecular complexity index is 841. The Morgan fingerprint density at radius 2 is 1.61 bits per heavy atom. The molecule has 0 unspecified atom stereocenters. The molecule has 0 fully saturated rings. The minimum atomic E-state index is 0.892. The van der Waals surface area contributed by atoms with Crippen LogP contribution in [0, 0.1) is 20.8 Å². The molecule has 2 aromatic carbocycles. The van der Waals surface area contributed by atoms with E-state index in [0.717, 1.165) is 22.5 Å². The Labute approximate surface area is 137 Å². The Kier molecular flexibility index (Phi) is 4.07. The van der Waals surface area contributed by atoms with Crippen molar-refractivity contribution in [1.29, 1.82) is 0 Å². The smallest absolute Gasteiger partial charge is 0.0708 e. The molecule has 1 heterocycles. The van der Waals surface area contributed by atoms with Gasteiger partial charge in [0.2, 0.25) is 0 Å². The molecule has 3 aromatic rings. The molecule has 0 aliphatic carbocycles. The van der Waals surface area contributed by atoms with Crippen LogP contribution in [-0.2, 0) is 0 Å². The molecule has 2 heteroatoms. The lowest BCUT2D eigenvalue weighted by Gasteiger charge is -2.17. The number of benzene rings is 2. The van der Waals surface area contributed by atoms with Gasteiger partial charge in [0.05, 0.1) is 11.4 Å². The lowest BCUT2D eigenvalue weighted by atomic mass is 9.88. The minimum Gasteiger partial charge on any atom is -0.264 e. The number of aryl methyl sites for hydroxylation is 3. The maximum atomic E-state index is 4.53. The predicted octanol–water partition coefficient (Wildman–Crippen LogP) is 5.67. The number of rotatable bonds is 3. The molecule has 0 N–H and O–H groups in total. The van der Waals surface area contributed by atoms with Gasteiger partial charge in [-0.05, 0) is 62.4 Å². The molecule has 0 saturated heterocycles. The van der Waals surface area contributed by atoms with Gasteiger partial charge in [0.1, 0.15) is 0 Å². The quantitative estimate of drug-likeness (QED) is 0.572. The maximum Gasteiger partial charge on any atom is 0.0708 e. The molecule has 0 saturated carbocycles. The third-order valence-electron chi connectivity index (χ3n) is 4.08. The molecule has 0 aliphatic heterocycles. The van der Waals surface area contributed by atoms with Crippen molar-refractivity contribution in [3.63, 3.8) is 0 Å². The third kappa shape index (κ3) is 2.80. The summed E-state index contributed by atoms with van der Waals surface area (Å²) in [6.07, 6.45) is 1.82. The molecule has 2 nitrogen and oxygen atoms in total. The first-order valence-corrected chi connectivity index (χ1v) is 7.71. The molecule has 0 aliphatic rings. The lowest BCUT2D eigenvalue weighted by Crippen LogP contribution is -1.94. The van der Waals surface area contributed by atoms with E-state index in [9.17, 15) is 0 Å². The van der Waals surface area contributed by atoms with Crippen molar-refractivity contribution in [2.45, 2.75) is 20.8 Å². The highest BCUT2D eigenvalue weighted by Crippen LogP contribution is 2.41. The lowest BCUT2D eigenvalue weighted by molar-refractivity contribution is 1.30. The number of nitrogens with zero attached hydrogens (tertiary/aromatic N) is 2. The Morgan fingerprint density at radius 1 is 0.870 bits per heavy atom. The van der Waals surface area contributed by atoms with E-state index in [1.165, 1.54) is 22.3 Å². The summed E-state index contributed by atoms with van der Waals surface area (Å²) in [5.41, 5.74) is 9.02. The third-order valence-corrected chi connectivity index (χ3v) is 4.08. The Balaban J connectivity index is 2.37. The highest BCUT2D eigenvalue weighted by Gasteiger charge is 2.16. The monoisotopic (exact) mass is 300 g/mol. The zero-order chi connectivity index (χ0) is 16.4. The van der Waals surface area contributed by atoms with Crippen molar-refractivity contribution in [2.75, 3.05) is 0 Å². The summed E-state index contributed by atoms with van der Waals surface area (Å²) < 4.78 is 0. The molecule has 23 heavy (non-hydrogen) atoms. The van der Waals surface area contributed by atoms with E-state index in [4.69, 9.17) is 0 Å². The molecule has 0 spiro atoms. The van der Waals surface area contributed by atoms with Gasteiger partial charge in [-0.3, -0.25) is 9.98 Å². The van der Waals surface area contributed by atoms with Crippen LogP contribution in [0.2, 0.25) is 0 Å². The van der Waals surface area contributed by atoms with Crippen LogP contribution in [0.5, 0.6) is 0 Å². The van der Waals surface area contributed by atoms with Crippen LogP contribution in [0.15, 0.2) is 59.7 Å². The first kappa shape index (κ1) is 15.2. The van der Waals surface area contributed by atoms with E-state index in [1.807, 2.05) is 36.5 Å². The van der Waals surface area contributed by atoms with Crippen LogP contribution in [0.1, 0.15) is 16.7 Å². The van der Waals surface area contributed by atoms with E-state index in [0.29, 0.717) is 0 Å². The molecule has 0 atom stereocenters. The zero-order valence-corrected chi connectivity index (χ0v) is 13.8. The molecule has 0 radical (unpaired) electrons. The maximum absolute atomic E-state index is 4.53. The molecule has 3 rings (SSSR count). The number of hydrogen-bond acceptors (Lipinski definition) is 2. The van der Waals surface area contributed by atoms with E-state index in [2.05, 4.69) is 55.7 Å². The van der Waals surface area contributed by atoms with Gasteiger partial charge in [-0.15, -0.1) is 0 Å². The van der Waals surface area contributed by atoms with Gasteiger partial charge in [-0.25, -0.2) is 0 Å². The Hall–Kier alpha value is -2.74. The number of hydrogen-bond donors (Lipinski definition) is 0. The highest BCUT2D eigenvalue weighted by atomic mass is 14.7. The summed E-state index contributed by atoms with van der Waals surface area (Å²) in [5, 5.41) is 0. The number of aliphatic imine (C=N–C) groups is 1. The van der Waals surface area contributed by atoms with Crippen molar-refractivity contribution in [2.24, 2.45) is 4.99 Å². The van der Waals surface area contributed by atoms with E-state index in [1.54, 1.807) is 0 Å². The van der Waals surface area contributed by atoms with Crippen LogP contribution < -0.4 is 0 Å². The van der Waals surface area contributed by atoms with Crippen molar-refractivity contribution < 1.29 is 0 Å². The van der Waals surface area contributed by atoms with Crippen LogP contribution >= 0.6 is 0 Å². The van der Waals surface area contributed by atoms with Gasteiger partial charge in [-0.2, -0.15) is 0 Å². The summed E-state index contributed by atoms with van der Waals surface area (Å²) in [6, 6.07) is 16.5. The summed E-state index contributed by atoms with van der Waals surface area (Å²) in [4.78, 5) is 8.79. The van der Waals surface area contributed by atoms with Crippen LogP contribution in [0.3, 0.4) is 0 Å². The Morgan fingerprint density at radius 3 is 2.22 bits per heavy atom. The van der Waals surface area contributed by atoms with Gasteiger partial charge in [0.15, 0.2) is 0 Å². The average Bonchev–Trinajstić information content (AvgIpc) is 2.55. The first-order chi connectivity index (χ1) is 11.1. The number of aromatic nitrogens is 1. The van der Waals surface area contributed by atoms with Crippen molar-refractivity contribution >= 4 is 12.4 Å². The molecule has 1 aromatic heterocycles. The van der Waals surface area contributed by atoms with Crippen LogP contribution in [0.25, 0.3) is 22.4 Å². The summed E-state index contributed by atoms with van der Waals surface area (Å²) in [7, 11) is 0. The van der Waals surface area contributed by atoms with E-state index in [-0.39, 0.29) is 0 Å². The molecule has 114 valence electrons. The van der Waals surface area contributed by atoms with Crippen LogP contribution in [-0.4, -0.2) is 11.7 Å². The second-order valence-electron chi connectivity index (χ2n) is 5.85. The molecule has 0 bridgehead atoms. The van der Waals surface area contributed by atoms with Gasteiger partial charge in [0.25, 0.3) is 0 Å². The molecular formula is C21H20N2. The minimum absolute atomic E-state index is 0.892. The van der Waals surface area contributed by atoms with Crippen molar-refractivity contribution in [3.05, 3.63) is 71.4 Å². The average molecular weight is 300 g/mol. The van der Waals surface area contributed by atoms with Gasteiger partial charge in [-0.1, -0.05) is 35.9 Å². The van der Waals surface area contributed by atoms with E-state index < -0.39 is 0 Å². The normalized spacial score (nSPS) is 10.6. The first-order valence-electron chi connectivity index (χ1n) is 7.71. The second-order valence-corrected chi connectivity index (χ2v) is 5.85. The largest absolute Gasteiger partial charge is 0.264 e. The topological polar surface area (TPSA) is 25.2 Å². The standard InChI is InChI=1S/C21H20N2/c1-14-12-15(2)20(16(3)13-14)21-17(8-7-10-19(21)22-4)18-9-5-6-11-23-18/h5-13H,4H2,1-3H3. The SMILES string of the molecule is C=Nc1cccc(-c2ccccn2)c1-c1c(C)cc(C)cc1C. The zero-order valence-electron chi connectivity index (χ0n) is 13.8. The second kappa shape index (κ2) is 6.17. The van der Waals surface area contributed by atoms with Gasteiger partial charge < -0.3 is 0 Å². The fourth-order valence-electron chi connectivity index (χ4n) is 3.24. The predicted molar refractivity (Wildman–Crippen MR) is 98.5 cm³/mol. The van der Waals surface area contributed by atoms with Crippen molar-refractivity contribution in [3.8, 4) is 22.4 Å². The summed E-state index contributed by atoms with van der Waals surface area (Å²) >= 11 is 0. The number of pyridine rings is 1. The fourth-order valence-corrected chi connectivity index (χ4v) is 3.24. The summed E-state index contributed by atoms with van der Waals surface area (Å²) in [6.45, 7) is 10.2. The van der Waals surface area contributed by atoms with Crippen molar-refractivity contribution in [1.82, 2.24) is 4.98 Å².